The van der Waals surface area contributed by atoms with Gasteiger partial charge in [-0.3, -0.25) is 0 Å². The van der Waals surface area contributed by atoms with Gasteiger partial charge in [-0.05, 0) is 31.6 Å². The zero-order valence-electron chi connectivity index (χ0n) is 11.1. The molecule has 0 saturated carbocycles. The highest BCUT2D eigenvalue weighted by atomic mass is 16.4. The average Bonchev–Trinajstić information content (AvgIpc) is 2.97. The monoisotopic (exact) mass is 254 g/mol. The van der Waals surface area contributed by atoms with Crippen molar-refractivity contribution < 1.29 is 14.7 Å². The zero-order chi connectivity index (χ0) is 13.3. The first kappa shape index (κ1) is 13.2. The number of carbonyl (C=O) groups is 2. The van der Waals surface area contributed by atoms with Gasteiger partial charge in [0.2, 0.25) is 0 Å². The van der Waals surface area contributed by atoms with Gasteiger partial charge in [0.1, 0.15) is 6.04 Å². The van der Waals surface area contributed by atoms with E-state index in [1.165, 1.54) is 0 Å². The maximum atomic E-state index is 12.5. The van der Waals surface area contributed by atoms with Crippen LogP contribution in [-0.4, -0.2) is 52.1 Å². The van der Waals surface area contributed by atoms with E-state index in [-0.39, 0.29) is 12.1 Å². The molecule has 2 saturated heterocycles. The molecule has 0 aromatic rings. The van der Waals surface area contributed by atoms with Gasteiger partial charge in [0.05, 0.1) is 0 Å². The van der Waals surface area contributed by atoms with Crippen LogP contribution < -0.4 is 0 Å². The van der Waals surface area contributed by atoms with Crippen molar-refractivity contribution in [2.24, 2.45) is 5.92 Å². The number of hydrogen-bond donors (Lipinski definition) is 1. The lowest BCUT2D eigenvalue weighted by atomic mass is 10.0. The first-order chi connectivity index (χ1) is 8.52. The number of carboxylic acid groups (broad SMARTS) is 1. The summed E-state index contributed by atoms with van der Waals surface area (Å²) in [5.74, 6) is -0.441. The molecule has 1 N–H and O–H groups in total. The molecule has 2 heterocycles. The van der Waals surface area contributed by atoms with Crippen LogP contribution in [0.1, 0.15) is 39.5 Å². The van der Waals surface area contributed by atoms with Crippen LogP contribution in [0.3, 0.4) is 0 Å². The lowest BCUT2D eigenvalue weighted by Crippen LogP contribution is -2.50. The minimum Gasteiger partial charge on any atom is -0.480 e. The number of rotatable bonds is 2. The summed E-state index contributed by atoms with van der Waals surface area (Å²) < 4.78 is 0. The highest BCUT2D eigenvalue weighted by molar-refractivity contribution is 5.83. The summed E-state index contributed by atoms with van der Waals surface area (Å²) in [7, 11) is 0. The van der Waals surface area contributed by atoms with Crippen LogP contribution in [-0.2, 0) is 4.79 Å². The van der Waals surface area contributed by atoms with Gasteiger partial charge >= 0.3 is 12.0 Å². The Morgan fingerprint density at radius 1 is 1.11 bits per heavy atom. The van der Waals surface area contributed by atoms with E-state index in [1.807, 2.05) is 4.90 Å². The molecule has 2 atom stereocenters. The Balaban J connectivity index is 2.08. The van der Waals surface area contributed by atoms with Crippen molar-refractivity contribution in [1.82, 2.24) is 9.80 Å². The molecule has 1 unspecified atom stereocenters. The zero-order valence-corrected chi connectivity index (χ0v) is 11.1. The predicted molar refractivity (Wildman–Crippen MR) is 67.3 cm³/mol. The van der Waals surface area contributed by atoms with E-state index < -0.39 is 12.0 Å². The van der Waals surface area contributed by atoms with E-state index in [1.54, 1.807) is 4.90 Å². The second kappa shape index (κ2) is 5.16. The van der Waals surface area contributed by atoms with Crippen LogP contribution in [0.15, 0.2) is 0 Å². The lowest BCUT2D eigenvalue weighted by Gasteiger charge is -2.33. The third-order valence-corrected chi connectivity index (χ3v) is 4.10. The second-order valence-electron chi connectivity index (χ2n) is 5.62. The minimum absolute atomic E-state index is 0.0731. The Labute approximate surface area is 108 Å². The van der Waals surface area contributed by atoms with Crippen molar-refractivity contribution in [3.05, 3.63) is 0 Å². The highest BCUT2D eigenvalue weighted by Gasteiger charge is 2.40. The second-order valence-corrected chi connectivity index (χ2v) is 5.62. The molecule has 2 fully saturated rings. The molecule has 2 aliphatic heterocycles. The molecule has 102 valence electrons. The van der Waals surface area contributed by atoms with E-state index in [0.717, 1.165) is 25.8 Å². The summed E-state index contributed by atoms with van der Waals surface area (Å²) in [5, 5.41) is 9.14. The molecule has 0 spiro atoms. The van der Waals surface area contributed by atoms with Crippen molar-refractivity contribution in [1.29, 1.82) is 0 Å². The molecule has 2 aliphatic rings. The van der Waals surface area contributed by atoms with Gasteiger partial charge in [0, 0.05) is 19.1 Å². The molecule has 5 heteroatoms. The van der Waals surface area contributed by atoms with Crippen molar-refractivity contribution in [2.75, 3.05) is 13.1 Å². The van der Waals surface area contributed by atoms with Gasteiger partial charge in [-0.25, -0.2) is 9.59 Å². The molecule has 0 aliphatic carbocycles. The first-order valence-corrected chi connectivity index (χ1v) is 6.82. The van der Waals surface area contributed by atoms with Crippen molar-refractivity contribution in [3.63, 3.8) is 0 Å². The Morgan fingerprint density at radius 3 is 2.33 bits per heavy atom. The molecule has 0 bridgehead atoms. The number of nitrogens with zero attached hydrogens (tertiary/aromatic N) is 2. The number of urea groups is 1. The van der Waals surface area contributed by atoms with Crippen LogP contribution >= 0.6 is 0 Å². The summed E-state index contributed by atoms with van der Waals surface area (Å²) in [5.41, 5.74) is 0. The number of likely N-dealkylation sites (tertiary alicyclic amines) is 2. The molecule has 2 rings (SSSR count). The Bertz CT molecular complexity index is 343. The number of carbonyl (C=O) groups excluding carboxylic acids is 1. The van der Waals surface area contributed by atoms with Crippen LogP contribution in [0.25, 0.3) is 0 Å². The van der Waals surface area contributed by atoms with Crippen LogP contribution in [0.5, 0.6) is 0 Å². The smallest absolute Gasteiger partial charge is 0.326 e. The summed E-state index contributed by atoms with van der Waals surface area (Å²) in [6.45, 7) is 5.59. The lowest BCUT2D eigenvalue weighted by molar-refractivity contribution is -0.141. The van der Waals surface area contributed by atoms with E-state index in [2.05, 4.69) is 13.8 Å². The molecular formula is C13H22N2O3. The van der Waals surface area contributed by atoms with E-state index in [9.17, 15) is 9.59 Å². The topological polar surface area (TPSA) is 60.9 Å². The summed E-state index contributed by atoms with van der Waals surface area (Å²) in [4.78, 5) is 27.0. The fraction of sp³-hybridized carbons (Fsp3) is 0.846. The Kier molecular flexibility index (Phi) is 3.78. The third-order valence-electron chi connectivity index (χ3n) is 4.10. The van der Waals surface area contributed by atoms with Gasteiger partial charge in [0.25, 0.3) is 0 Å². The van der Waals surface area contributed by atoms with Crippen LogP contribution in [0.2, 0.25) is 0 Å². The summed E-state index contributed by atoms with van der Waals surface area (Å²) in [6.07, 6.45) is 3.44. The van der Waals surface area contributed by atoms with Crippen LogP contribution in [0, 0.1) is 5.92 Å². The SMILES string of the molecule is CC(C)C1CCCN1C(=O)N1CCC[C@H]1C(=O)O. The van der Waals surface area contributed by atoms with Gasteiger partial charge in [-0.15, -0.1) is 0 Å². The van der Waals surface area contributed by atoms with Crippen LogP contribution in [0.4, 0.5) is 4.79 Å². The molecule has 0 aromatic carbocycles. The van der Waals surface area contributed by atoms with Gasteiger partial charge in [-0.1, -0.05) is 13.8 Å². The van der Waals surface area contributed by atoms with Gasteiger partial charge in [-0.2, -0.15) is 0 Å². The van der Waals surface area contributed by atoms with Crippen molar-refractivity contribution >= 4 is 12.0 Å². The van der Waals surface area contributed by atoms with Crippen molar-refractivity contribution in [3.8, 4) is 0 Å². The molecule has 0 aromatic heterocycles. The quantitative estimate of drug-likeness (QED) is 0.817. The minimum atomic E-state index is -0.874. The fourth-order valence-electron chi connectivity index (χ4n) is 3.14. The number of hydrogen-bond acceptors (Lipinski definition) is 2. The average molecular weight is 254 g/mol. The first-order valence-electron chi connectivity index (χ1n) is 6.82. The maximum Gasteiger partial charge on any atom is 0.326 e. The molecular weight excluding hydrogens is 232 g/mol. The van der Waals surface area contributed by atoms with Gasteiger partial charge in [0.15, 0.2) is 0 Å². The molecule has 2 amide bonds. The number of aliphatic carboxylic acids is 1. The van der Waals surface area contributed by atoms with Crippen molar-refractivity contribution in [2.45, 2.75) is 51.6 Å². The highest BCUT2D eigenvalue weighted by Crippen LogP contribution is 2.27. The largest absolute Gasteiger partial charge is 0.480 e. The molecule has 0 radical (unpaired) electrons. The predicted octanol–water partition coefficient (Wildman–Crippen LogP) is 1.78. The normalized spacial score (nSPS) is 28.2. The fourth-order valence-corrected chi connectivity index (χ4v) is 3.14. The van der Waals surface area contributed by atoms with E-state index in [4.69, 9.17) is 5.11 Å². The number of amides is 2. The summed E-state index contributed by atoms with van der Waals surface area (Å²) >= 11 is 0. The molecule has 5 nitrogen and oxygen atoms in total. The number of carboxylic acids is 1. The Morgan fingerprint density at radius 2 is 1.72 bits per heavy atom. The third kappa shape index (κ3) is 2.31. The summed E-state index contributed by atoms with van der Waals surface area (Å²) in [6, 6.07) is -0.422. The van der Waals surface area contributed by atoms with Gasteiger partial charge < -0.3 is 14.9 Å². The van der Waals surface area contributed by atoms with E-state index in [0.29, 0.717) is 18.9 Å². The maximum absolute atomic E-state index is 12.5. The van der Waals surface area contributed by atoms with E-state index >= 15 is 0 Å². The molecule has 18 heavy (non-hydrogen) atoms. The standard InChI is InChI=1S/C13H22N2O3/c1-9(2)10-5-3-7-14(10)13(18)15-8-4-6-11(15)12(16)17/h9-11H,3-8H2,1-2H3,(H,16,17)/t10?,11-/m0/s1. The Hall–Kier alpha value is -1.26.